The van der Waals surface area contributed by atoms with Gasteiger partial charge < -0.3 is 49.5 Å². The molecule has 0 spiro atoms. The van der Waals surface area contributed by atoms with Crippen molar-refractivity contribution in [3.05, 3.63) is 142 Å². The Balaban J connectivity index is 0.000000304. The van der Waals surface area contributed by atoms with Crippen molar-refractivity contribution in [2.75, 3.05) is 31.8 Å². The molecule has 0 saturated carbocycles. The Morgan fingerprint density at radius 1 is 0.519 bits per heavy atom. The zero-order chi connectivity index (χ0) is 62.5. The highest BCUT2D eigenvalue weighted by Gasteiger charge is 2.40. The van der Waals surface area contributed by atoms with E-state index in [0.29, 0.717) is 36.4 Å². The third kappa shape index (κ3) is 14.5. The molecule has 0 aliphatic heterocycles. The summed E-state index contributed by atoms with van der Waals surface area (Å²) in [4.78, 5) is 56.2. The summed E-state index contributed by atoms with van der Waals surface area (Å²) in [5.41, 5.74) is -3.11. The number of esters is 1. The summed E-state index contributed by atoms with van der Waals surface area (Å²) in [6.45, 7) is 0. The number of benzene rings is 4. The molecule has 6 rings (SSSR count). The van der Waals surface area contributed by atoms with Crippen LogP contribution in [-0.4, -0.2) is 67.6 Å². The highest BCUT2D eigenvalue weighted by Crippen LogP contribution is 2.45. The molecule has 0 saturated heterocycles. The van der Waals surface area contributed by atoms with E-state index in [4.69, 9.17) is 23.4 Å². The van der Waals surface area contributed by atoms with Crippen LogP contribution < -0.4 is 44.8 Å². The Labute approximate surface area is 426 Å². The van der Waals surface area contributed by atoms with Gasteiger partial charge in [-0.1, -0.05) is 0 Å². The maximum absolute atomic E-state index is 15.2. The van der Waals surface area contributed by atoms with E-state index in [2.05, 4.69) is 33.7 Å². The Kier molecular flexibility index (Phi) is 15.0. The fourth-order valence-corrected chi connectivity index (χ4v) is 5.94. The lowest BCUT2D eigenvalue weighted by atomic mass is 10.1. The van der Waals surface area contributed by atoms with Crippen LogP contribution in [0.25, 0.3) is 0 Å². The van der Waals surface area contributed by atoms with Crippen LogP contribution in [-0.2, 0) is 17.1 Å². The highest BCUT2D eigenvalue weighted by atomic mass is 19.4. The first kappa shape index (κ1) is 49.9. The van der Waals surface area contributed by atoms with Crippen LogP contribution in [0.1, 0.15) is 61.0 Å². The van der Waals surface area contributed by atoms with Crippen molar-refractivity contribution in [2.45, 2.75) is 25.1 Å². The lowest BCUT2D eigenvalue weighted by molar-refractivity contribution is -0.276. The Hall–Kier alpha value is -9.26. The molecule has 6 aromatic rings. The number of nitrogens with one attached hydrogen (secondary N) is 2. The Bertz CT molecular complexity index is 3460. The molecule has 0 fully saturated rings. The molecular formula is C45H27F16N5O11. The average molecular weight is 1120 g/mol. The summed E-state index contributed by atoms with van der Waals surface area (Å²) < 4.78 is 289. The smallest absolute Gasteiger partial charge is 0.490 e. The van der Waals surface area contributed by atoms with E-state index >= 15 is 8.78 Å². The number of nitrogens with zero attached hydrogens (tertiary/aromatic N) is 2. The predicted molar refractivity (Wildman–Crippen MR) is 226 cm³/mol. The molecule has 0 bridgehead atoms. The summed E-state index contributed by atoms with van der Waals surface area (Å²) in [6.07, 6.45) is -19.6. The van der Waals surface area contributed by atoms with Crippen LogP contribution in [0.4, 0.5) is 81.6 Å². The molecule has 2 heterocycles. The quantitative estimate of drug-likeness (QED) is 0.0686. The van der Waals surface area contributed by atoms with Crippen molar-refractivity contribution in [1.29, 1.82) is 0 Å². The number of aromatic nitrogens is 2. The van der Waals surface area contributed by atoms with Crippen LogP contribution in [0, 0.1) is 23.3 Å². The number of hydrogen-bond acceptors (Lipinski definition) is 13. The van der Waals surface area contributed by atoms with E-state index in [-0.39, 0.29) is 29.2 Å². The lowest BCUT2D eigenvalue weighted by Gasteiger charge is -2.18. The van der Waals surface area contributed by atoms with E-state index in [1.54, 1.807) is 0 Å². The molecule has 0 radical (unpaired) electrons. The van der Waals surface area contributed by atoms with Gasteiger partial charge in [-0.2, -0.15) is 35.1 Å². The summed E-state index contributed by atoms with van der Waals surface area (Å²) in [6, 6.07) is 6.52. The molecule has 2 aromatic heterocycles. The van der Waals surface area contributed by atoms with E-state index < -0.39 is 160 Å². The van der Waals surface area contributed by atoms with Gasteiger partial charge in [0.2, 0.25) is 23.1 Å². The maximum Gasteiger partial charge on any atom is 0.573 e. The zero-order valence-electron chi connectivity index (χ0n) is 43.1. The molecule has 77 heavy (non-hydrogen) atoms. The number of ether oxygens (including phenoxy) is 7. The number of primary amides is 1. The van der Waals surface area contributed by atoms with Crippen LogP contribution in [0.15, 0.2) is 85.2 Å². The molecule has 0 aliphatic rings. The first-order valence-corrected chi connectivity index (χ1v) is 19.7. The number of carbonyl (C=O) groups excluding carboxylic acids is 4. The standard InChI is InChI=1S/C23H14F8N2O6.C22H13F8N3O5/c1-36-19-15(6-5-14(18(19)25)39-23(29,30)31)38-13-4-3-11(22(26,27)28)17(24)16(13)20(34)33-10-7-8-32-12(9-10)21(35)37-2;1-36-18-14(5-4-13(17(18)24)38-22(28,29)30)37-12-3-2-10(21(25,26)27)16(23)15(12)20(35)33-9-6-7-32-11(8-9)19(31)34/h3-9H,1-2H3,(H,32,33,34);2-8H,1H3,(H2,31,34)(H,32,33,35)/i2*1D3. The molecule has 0 unspecified atom stereocenters. The lowest BCUT2D eigenvalue weighted by Crippen LogP contribution is -2.20. The van der Waals surface area contributed by atoms with Gasteiger partial charge in [0.05, 0.1) is 40.5 Å². The van der Waals surface area contributed by atoms with Crippen LogP contribution >= 0.6 is 0 Å². The summed E-state index contributed by atoms with van der Waals surface area (Å²) in [5.74, 6) is -24.4. The molecule has 4 N–H and O–H groups in total. The van der Waals surface area contributed by atoms with E-state index in [1.165, 1.54) is 0 Å². The SMILES string of the molecule is [2H]C([2H])([2H])Oc1c(Oc2ccc(C(F)(F)F)c(F)c2C(=O)Nc2ccnc(C(=O)OC)c2)ccc(OC(F)(F)F)c1F.[2H]C([2H])([2H])Oc1c(Oc2ccc(C(F)(F)F)c(F)c2C(=O)Nc2ccnc(C(N)=O)c2)ccc(OC(F)(F)F)c1F. The third-order valence-corrected chi connectivity index (χ3v) is 9.10. The molecule has 0 aliphatic carbocycles. The second-order valence-corrected chi connectivity index (χ2v) is 14.1. The van der Waals surface area contributed by atoms with Crippen molar-refractivity contribution in [3.63, 3.8) is 0 Å². The van der Waals surface area contributed by atoms with Crippen molar-refractivity contribution in [2.24, 2.45) is 5.73 Å². The normalized spacial score (nSPS) is 13.1. The first-order valence-electron chi connectivity index (χ1n) is 22.7. The molecule has 16 nitrogen and oxygen atoms in total. The minimum Gasteiger partial charge on any atom is -0.490 e. The number of pyridine rings is 2. The van der Waals surface area contributed by atoms with E-state index in [1.807, 2.05) is 10.6 Å². The number of methoxy groups -OCH3 is 3. The fourth-order valence-electron chi connectivity index (χ4n) is 5.94. The number of rotatable bonds is 14. The predicted octanol–water partition coefficient (Wildman–Crippen LogP) is 11.5. The number of carbonyl (C=O) groups is 4. The van der Waals surface area contributed by atoms with Crippen molar-refractivity contribution >= 4 is 35.1 Å². The third-order valence-electron chi connectivity index (χ3n) is 9.10. The topological polar surface area (TPSA) is 209 Å². The minimum absolute atomic E-state index is 0.126. The first-order chi connectivity index (χ1) is 38.1. The number of alkyl halides is 12. The van der Waals surface area contributed by atoms with Gasteiger partial charge in [0, 0.05) is 23.8 Å². The second-order valence-electron chi connectivity index (χ2n) is 14.1. The van der Waals surface area contributed by atoms with Crippen molar-refractivity contribution in [3.8, 4) is 46.0 Å². The number of hydrogen-bond donors (Lipinski definition) is 3. The number of nitrogens with two attached hydrogens (primary N) is 1. The minimum atomic E-state index is -5.44. The monoisotopic (exact) mass is 1120 g/mol. The van der Waals surface area contributed by atoms with Gasteiger partial charge >= 0.3 is 31.0 Å². The summed E-state index contributed by atoms with van der Waals surface area (Å²) in [5, 5.41) is 3.99. The van der Waals surface area contributed by atoms with Gasteiger partial charge in [-0.25, -0.2) is 18.6 Å². The van der Waals surface area contributed by atoms with Gasteiger partial charge in [0.1, 0.15) is 34.0 Å². The average Bonchev–Trinajstić information content (AvgIpc) is 3.45. The molecule has 0 atom stereocenters. The van der Waals surface area contributed by atoms with Crippen molar-refractivity contribution < 1.29 is 131 Å². The number of anilines is 2. The Morgan fingerprint density at radius 3 is 1.23 bits per heavy atom. The molecule has 32 heteroatoms. The molecule has 3 amide bonds. The molecular weight excluding hydrogens is 1090 g/mol. The van der Waals surface area contributed by atoms with Gasteiger partial charge in [-0.05, 0) is 72.8 Å². The summed E-state index contributed by atoms with van der Waals surface area (Å²) >= 11 is 0. The largest absolute Gasteiger partial charge is 0.573 e. The van der Waals surface area contributed by atoms with Crippen LogP contribution in [0.5, 0.6) is 46.0 Å². The fraction of sp³-hybridized carbons (Fsp3) is 0.156. The highest BCUT2D eigenvalue weighted by molar-refractivity contribution is 6.08. The van der Waals surface area contributed by atoms with Gasteiger partial charge in [0.15, 0.2) is 34.6 Å². The van der Waals surface area contributed by atoms with Crippen molar-refractivity contribution in [1.82, 2.24) is 9.97 Å². The van der Waals surface area contributed by atoms with Gasteiger partial charge in [-0.3, -0.25) is 19.4 Å². The maximum atomic E-state index is 15.2. The van der Waals surface area contributed by atoms with Crippen LogP contribution in [0.2, 0.25) is 0 Å². The second kappa shape index (κ2) is 23.1. The summed E-state index contributed by atoms with van der Waals surface area (Å²) in [7, 11) is -6.02. The van der Waals surface area contributed by atoms with E-state index in [9.17, 15) is 80.6 Å². The van der Waals surface area contributed by atoms with Gasteiger partial charge in [0.25, 0.3) is 17.7 Å². The van der Waals surface area contributed by atoms with Gasteiger partial charge in [-0.15, -0.1) is 26.3 Å². The number of amides is 3. The molecule has 4 aromatic carbocycles. The number of halogens is 16. The van der Waals surface area contributed by atoms with Crippen LogP contribution in [0.3, 0.4) is 0 Å². The molecule has 410 valence electrons. The Morgan fingerprint density at radius 2 is 0.883 bits per heavy atom. The van der Waals surface area contributed by atoms with E-state index in [0.717, 1.165) is 43.8 Å². The zero-order valence-corrected chi connectivity index (χ0v) is 37.1.